The molecule has 2 atom stereocenters. The standard InChI is InChI=1S/C30H33ClF3N3O2S/c1-29(2,3)35-18-19-9-11-22-24(13-14-39-26(22)15-19)36-28(38)17-25(20-7-5-4-6-8-20)37-40-27-16-21(30(32,33)34)10-12-23(27)31/h4-12,15-16,24-25,35,37H,13-14,17-18H2,1-3H3,(H,36,38)/t24-,25-/m1/s1. The minimum absolute atomic E-state index is 0.0126. The molecule has 1 heterocycles. The molecule has 1 aliphatic heterocycles. The number of hydrogen-bond acceptors (Lipinski definition) is 5. The second-order valence-electron chi connectivity index (χ2n) is 10.8. The van der Waals surface area contributed by atoms with Gasteiger partial charge in [0.15, 0.2) is 0 Å². The number of amides is 1. The van der Waals surface area contributed by atoms with Gasteiger partial charge in [0.2, 0.25) is 5.91 Å². The van der Waals surface area contributed by atoms with Gasteiger partial charge in [0.1, 0.15) is 5.75 Å². The first-order valence-corrected chi connectivity index (χ1v) is 14.2. The summed E-state index contributed by atoms with van der Waals surface area (Å²) in [5.41, 5.74) is 2.05. The quantitative estimate of drug-likeness (QED) is 0.224. The Morgan fingerprint density at radius 1 is 1.07 bits per heavy atom. The maximum atomic E-state index is 13.3. The number of carbonyl (C=O) groups is 1. The lowest BCUT2D eigenvalue weighted by Gasteiger charge is -2.28. The van der Waals surface area contributed by atoms with Crippen LogP contribution in [0.5, 0.6) is 5.75 Å². The van der Waals surface area contributed by atoms with Crippen molar-refractivity contribution in [1.29, 1.82) is 0 Å². The molecule has 1 aliphatic rings. The van der Waals surface area contributed by atoms with Crippen molar-refractivity contribution in [3.63, 3.8) is 0 Å². The first-order valence-electron chi connectivity index (χ1n) is 13.0. The zero-order valence-electron chi connectivity index (χ0n) is 22.6. The molecular formula is C30H33ClF3N3O2S. The van der Waals surface area contributed by atoms with Gasteiger partial charge in [0, 0.05) is 35.4 Å². The minimum atomic E-state index is -4.48. The third-order valence-corrected chi connectivity index (χ3v) is 7.84. The van der Waals surface area contributed by atoms with E-state index in [1.54, 1.807) is 0 Å². The summed E-state index contributed by atoms with van der Waals surface area (Å²) in [4.78, 5) is 13.5. The molecule has 4 rings (SSSR count). The summed E-state index contributed by atoms with van der Waals surface area (Å²) < 4.78 is 48.8. The van der Waals surface area contributed by atoms with Gasteiger partial charge in [-0.15, -0.1) is 0 Å². The summed E-state index contributed by atoms with van der Waals surface area (Å²) in [5.74, 6) is 0.575. The van der Waals surface area contributed by atoms with Crippen LogP contribution in [-0.4, -0.2) is 18.1 Å². The Morgan fingerprint density at radius 3 is 2.52 bits per heavy atom. The van der Waals surface area contributed by atoms with Crippen LogP contribution in [0, 0.1) is 0 Å². The van der Waals surface area contributed by atoms with Crippen LogP contribution < -0.4 is 20.1 Å². The van der Waals surface area contributed by atoms with E-state index in [9.17, 15) is 18.0 Å². The van der Waals surface area contributed by atoms with E-state index in [0.29, 0.717) is 19.6 Å². The number of ether oxygens (including phenoxy) is 1. The summed E-state index contributed by atoms with van der Waals surface area (Å²) >= 11 is 7.16. The van der Waals surface area contributed by atoms with Gasteiger partial charge in [-0.2, -0.15) is 13.2 Å². The topological polar surface area (TPSA) is 62.4 Å². The average molecular weight is 592 g/mol. The van der Waals surface area contributed by atoms with E-state index in [2.05, 4.69) is 36.1 Å². The summed E-state index contributed by atoms with van der Waals surface area (Å²) in [6.45, 7) is 7.51. The van der Waals surface area contributed by atoms with Crippen molar-refractivity contribution in [2.75, 3.05) is 6.61 Å². The molecule has 3 aromatic carbocycles. The zero-order valence-corrected chi connectivity index (χ0v) is 24.1. The molecule has 3 aromatic rings. The third-order valence-electron chi connectivity index (χ3n) is 6.44. The molecule has 0 unspecified atom stereocenters. The molecule has 10 heteroatoms. The van der Waals surface area contributed by atoms with Crippen molar-refractivity contribution in [2.45, 2.75) is 68.9 Å². The van der Waals surface area contributed by atoms with Gasteiger partial charge < -0.3 is 15.4 Å². The Balaban J connectivity index is 1.45. The monoisotopic (exact) mass is 591 g/mol. The Labute approximate surface area is 242 Å². The van der Waals surface area contributed by atoms with Gasteiger partial charge >= 0.3 is 6.18 Å². The van der Waals surface area contributed by atoms with E-state index in [0.717, 1.165) is 46.5 Å². The largest absolute Gasteiger partial charge is 0.493 e. The van der Waals surface area contributed by atoms with Crippen molar-refractivity contribution in [3.05, 3.63) is 94.0 Å². The molecular weight excluding hydrogens is 559 g/mol. The van der Waals surface area contributed by atoms with E-state index >= 15 is 0 Å². The normalized spacial score (nSPS) is 16.1. The lowest BCUT2D eigenvalue weighted by atomic mass is 9.97. The molecule has 0 saturated carbocycles. The summed E-state index contributed by atoms with van der Waals surface area (Å²) in [7, 11) is 0. The van der Waals surface area contributed by atoms with E-state index in [1.807, 2.05) is 48.5 Å². The van der Waals surface area contributed by atoms with Crippen molar-refractivity contribution in [1.82, 2.24) is 15.4 Å². The number of rotatable bonds is 9. The molecule has 0 bridgehead atoms. The zero-order chi connectivity index (χ0) is 28.9. The van der Waals surface area contributed by atoms with Gasteiger partial charge in [-0.1, -0.05) is 54.1 Å². The van der Waals surface area contributed by atoms with Crippen LogP contribution in [0.1, 0.15) is 68.0 Å². The van der Waals surface area contributed by atoms with Gasteiger partial charge in [-0.05, 0) is 68.1 Å². The first kappa shape index (κ1) is 30.2. The predicted molar refractivity (Wildman–Crippen MR) is 153 cm³/mol. The SMILES string of the molecule is CC(C)(C)NCc1ccc2c(c1)OCC[C@H]2NC(=O)C[C@@H](NSc1cc(C(F)(F)F)ccc1Cl)c1ccccc1. The maximum Gasteiger partial charge on any atom is 0.416 e. The van der Waals surface area contributed by atoms with Gasteiger partial charge in [0.05, 0.1) is 29.3 Å². The Hall–Kier alpha value is -2.72. The molecule has 214 valence electrons. The molecule has 0 aliphatic carbocycles. The fourth-order valence-corrected chi connectivity index (χ4v) is 5.38. The number of halogens is 4. The van der Waals surface area contributed by atoms with Crippen LogP contribution in [0.2, 0.25) is 5.02 Å². The lowest BCUT2D eigenvalue weighted by molar-refractivity contribution is -0.137. The number of fused-ring (bicyclic) bond motifs is 1. The summed E-state index contributed by atoms with van der Waals surface area (Å²) in [6.07, 6.45) is -3.77. The summed E-state index contributed by atoms with van der Waals surface area (Å²) in [6, 6.07) is 17.9. The fraction of sp³-hybridized carbons (Fsp3) is 0.367. The molecule has 3 N–H and O–H groups in total. The second kappa shape index (κ2) is 12.9. The smallest absolute Gasteiger partial charge is 0.416 e. The first-order chi connectivity index (χ1) is 18.9. The number of hydrogen-bond donors (Lipinski definition) is 3. The highest BCUT2D eigenvalue weighted by Crippen LogP contribution is 2.36. The van der Waals surface area contributed by atoms with Gasteiger partial charge in [0.25, 0.3) is 0 Å². The van der Waals surface area contributed by atoms with Crippen molar-refractivity contribution < 1.29 is 22.7 Å². The molecule has 5 nitrogen and oxygen atoms in total. The highest BCUT2D eigenvalue weighted by molar-refractivity contribution is 7.97. The van der Waals surface area contributed by atoms with Crippen LogP contribution in [0.3, 0.4) is 0 Å². The highest BCUT2D eigenvalue weighted by atomic mass is 35.5. The van der Waals surface area contributed by atoms with Crippen LogP contribution in [0.25, 0.3) is 0 Å². The van der Waals surface area contributed by atoms with E-state index < -0.39 is 17.8 Å². The van der Waals surface area contributed by atoms with Crippen molar-refractivity contribution >= 4 is 29.5 Å². The maximum absolute atomic E-state index is 13.3. The predicted octanol–water partition coefficient (Wildman–Crippen LogP) is 7.62. The number of alkyl halides is 3. The Bertz CT molecular complexity index is 1320. The van der Waals surface area contributed by atoms with Crippen LogP contribution in [0.4, 0.5) is 13.2 Å². The molecule has 0 fully saturated rings. The van der Waals surface area contributed by atoms with Crippen LogP contribution >= 0.6 is 23.5 Å². The molecule has 0 spiro atoms. The minimum Gasteiger partial charge on any atom is -0.493 e. The van der Waals surface area contributed by atoms with Crippen molar-refractivity contribution in [3.8, 4) is 5.75 Å². The van der Waals surface area contributed by atoms with E-state index in [1.165, 1.54) is 6.07 Å². The van der Waals surface area contributed by atoms with E-state index in [-0.39, 0.29) is 33.8 Å². The lowest BCUT2D eigenvalue weighted by Crippen LogP contribution is -2.35. The fourth-order valence-electron chi connectivity index (χ4n) is 4.31. The van der Waals surface area contributed by atoms with Crippen LogP contribution in [-0.2, 0) is 17.5 Å². The van der Waals surface area contributed by atoms with E-state index in [4.69, 9.17) is 16.3 Å². The van der Waals surface area contributed by atoms with Crippen molar-refractivity contribution in [2.24, 2.45) is 0 Å². The number of nitrogens with one attached hydrogen (secondary N) is 3. The Morgan fingerprint density at radius 2 is 1.82 bits per heavy atom. The second-order valence-corrected chi connectivity index (χ2v) is 12.1. The Kier molecular flexibility index (Phi) is 9.72. The summed E-state index contributed by atoms with van der Waals surface area (Å²) in [5, 5.41) is 6.79. The molecule has 0 saturated heterocycles. The van der Waals surface area contributed by atoms with Gasteiger partial charge in [-0.25, -0.2) is 0 Å². The average Bonchev–Trinajstić information content (AvgIpc) is 2.90. The van der Waals surface area contributed by atoms with Gasteiger partial charge in [-0.3, -0.25) is 9.52 Å². The molecule has 1 amide bonds. The molecule has 40 heavy (non-hydrogen) atoms. The third kappa shape index (κ3) is 8.39. The molecule has 0 aromatic heterocycles. The number of carbonyl (C=O) groups excluding carboxylic acids is 1. The molecule has 0 radical (unpaired) electrons. The number of benzene rings is 3. The van der Waals surface area contributed by atoms with Crippen LogP contribution in [0.15, 0.2) is 71.6 Å². The highest BCUT2D eigenvalue weighted by Gasteiger charge is 2.31.